The zero-order chi connectivity index (χ0) is 62.3. The van der Waals surface area contributed by atoms with E-state index in [1.807, 2.05) is 0 Å². The molecular weight excluding hydrogens is 1170 g/mol. The number of rotatable bonds is 40. The van der Waals surface area contributed by atoms with Crippen LogP contribution in [-0.4, -0.2) is 193 Å². The predicted molar refractivity (Wildman–Crippen MR) is 336 cm³/mol. The lowest BCUT2D eigenvalue weighted by Crippen LogP contribution is -2.63. The Labute approximate surface area is 527 Å². The second kappa shape index (κ2) is 35.2. The van der Waals surface area contributed by atoms with E-state index in [9.17, 15) is 47.9 Å². The first-order valence-corrected chi connectivity index (χ1v) is 35.5. The Hall–Kier alpha value is -4.55. The average molecular weight is 1270 g/mol. The Balaban J connectivity index is 0.925. The number of fused-ring (bicyclic) bond motifs is 5. The molecular formula is C64H96N6O14S3. The molecule has 3 aliphatic heterocycles. The summed E-state index contributed by atoms with van der Waals surface area (Å²) in [4.78, 5) is 124. The Morgan fingerprint density at radius 3 is 1.55 bits per heavy atom. The van der Waals surface area contributed by atoms with Crippen molar-refractivity contribution in [2.24, 2.45) is 46.3 Å². The van der Waals surface area contributed by atoms with Crippen LogP contribution in [-0.2, 0) is 66.9 Å². The van der Waals surface area contributed by atoms with Crippen molar-refractivity contribution in [2.75, 3.05) is 101 Å². The van der Waals surface area contributed by atoms with Crippen LogP contribution in [0.1, 0.15) is 136 Å². The van der Waals surface area contributed by atoms with E-state index in [1.54, 1.807) is 35.3 Å². The summed E-state index contributed by atoms with van der Waals surface area (Å²) in [7, 11) is 1.45. The molecule has 4 fully saturated rings. The standard InChI is InChI=1S/C64H96N6O14S3/c1-44(11-5-14-61(80)81-4)47-15-16-48-62-49(43-51(64(47,48)3)84-34-10-37-87-39-27-66-53(72)13-7-30-69-57(76)19-20-58(69)77)63(2)25-23-46(82-32-8-35-85-40-28-67-54(73)24-31-70-59(78)21-22-60(70)79)41-45(63)42-50(62)83-33-9-36-86-38-26-65-52(71)12-6-29-68-55(74)17-18-56(68)75/h17-22,44-51,62H,5-16,23-43H2,1-4H3,(H,65,71)(H,66,72)(H,67,73)/t44-,45?,46-,47+,48?,49?,50?,51+,62?,63+,64-/m1/s1. The minimum atomic E-state index is -0.385. The van der Waals surface area contributed by atoms with E-state index in [2.05, 4.69) is 36.7 Å². The topological polar surface area (TPSA) is 253 Å². The van der Waals surface area contributed by atoms with Gasteiger partial charge in [-0.3, -0.25) is 62.6 Å². The second-order valence-corrected chi connectivity index (χ2v) is 28.6. The summed E-state index contributed by atoms with van der Waals surface area (Å²) in [5.74, 6) is 4.73. The van der Waals surface area contributed by atoms with E-state index >= 15 is 0 Å². The van der Waals surface area contributed by atoms with Gasteiger partial charge in [0.15, 0.2) is 0 Å². The summed E-state index contributed by atoms with van der Waals surface area (Å²) in [5.41, 5.74) is -0.0196. The molecule has 484 valence electrons. The van der Waals surface area contributed by atoms with Gasteiger partial charge in [0.05, 0.1) is 25.4 Å². The minimum absolute atomic E-state index is 0.0537. The van der Waals surface area contributed by atoms with Gasteiger partial charge in [-0.05, 0) is 148 Å². The first-order valence-electron chi connectivity index (χ1n) is 32.0. The van der Waals surface area contributed by atoms with E-state index in [1.165, 1.54) is 43.6 Å². The number of hydrogen-bond donors (Lipinski definition) is 3. The monoisotopic (exact) mass is 1270 g/mol. The van der Waals surface area contributed by atoms with Crippen LogP contribution >= 0.6 is 35.3 Å². The van der Waals surface area contributed by atoms with Crippen LogP contribution in [0.15, 0.2) is 36.5 Å². The van der Waals surface area contributed by atoms with Gasteiger partial charge >= 0.3 is 5.97 Å². The summed E-state index contributed by atoms with van der Waals surface area (Å²) < 4.78 is 26.3. The molecule has 3 N–H and O–H groups in total. The number of imide groups is 3. The van der Waals surface area contributed by atoms with E-state index in [-0.39, 0.29) is 127 Å². The van der Waals surface area contributed by atoms with Crippen molar-refractivity contribution < 1.29 is 66.9 Å². The normalized spacial score (nSPS) is 27.7. The van der Waals surface area contributed by atoms with E-state index in [0.29, 0.717) is 94.2 Å². The number of nitrogens with one attached hydrogen (secondary N) is 3. The number of ether oxygens (including phenoxy) is 4. The number of esters is 1. The van der Waals surface area contributed by atoms with E-state index < -0.39 is 0 Å². The van der Waals surface area contributed by atoms with Gasteiger partial charge in [-0.25, -0.2) is 0 Å². The molecule has 0 aromatic carbocycles. The zero-order valence-corrected chi connectivity index (χ0v) is 54.2. The van der Waals surface area contributed by atoms with Crippen LogP contribution in [0.4, 0.5) is 0 Å². The van der Waals surface area contributed by atoms with Crippen molar-refractivity contribution in [3.63, 3.8) is 0 Å². The van der Waals surface area contributed by atoms with Gasteiger partial charge < -0.3 is 34.9 Å². The quantitative estimate of drug-likeness (QED) is 0.0339. The van der Waals surface area contributed by atoms with Crippen molar-refractivity contribution in [1.82, 2.24) is 30.7 Å². The Morgan fingerprint density at radius 2 is 1.03 bits per heavy atom. The average Bonchev–Trinajstić information content (AvgIpc) is 1.71. The molecule has 23 heteroatoms. The largest absolute Gasteiger partial charge is 0.469 e. The van der Waals surface area contributed by atoms with Crippen molar-refractivity contribution in [2.45, 2.75) is 155 Å². The third-order valence-corrected chi connectivity index (χ3v) is 22.8. The molecule has 11 atom stereocenters. The molecule has 5 unspecified atom stereocenters. The second-order valence-electron chi connectivity index (χ2n) is 24.9. The molecule has 0 aromatic rings. The van der Waals surface area contributed by atoms with Crippen LogP contribution in [0.5, 0.6) is 0 Å². The smallest absolute Gasteiger partial charge is 0.305 e. The fourth-order valence-corrected chi connectivity index (χ4v) is 17.3. The van der Waals surface area contributed by atoms with Gasteiger partial charge in [-0.15, -0.1) is 0 Å². The van der Waals surface area contributed by atoms with Crippen LogP contribution in [0, 0.1) is 46.3 Å². The first-order chi connectivity index (χ1) is 41.9. The van der Waals surface area contributed by atoms with Gasteiger partial charge in [0.2, 0.25) is 17.7 Å². The third-order valence-electron chi connectivity index (χ3n) is 19.6. The molecule has 3 heterocycles. The molecule has 9 amide bonds. The minimum Gasteiger partial charge on any atom is -0.469 e. The summed E-state index contributed by atoms with van der Waals surface area (Å²) in [5, 5.41) is 8.87. The fourth-order valence-electron chi connectivity index (χ4n) is 15.0. The molecule has 0 bridgehead atoms. The summed E-state index contributed by atoms with van der Waals surface area (Å²) >= 11 is 5.36. The number of nitrogens with zero attached hydrogens (tertiary/aromatic N) is 3. The number of methoxy groups -OCH3 is 1. The van der Waals surface area contributed by atoms with Crippen LogP contribution in [0.3, 0.4) is 0 Å². The Morgan fingerprint density at radius 1 is 0.552 bits per heavy atom. The molecule has 4 aliphatic carbocycles. The van der Waals surface area contributed by atoms with Crippen molar-refractivity contribution in [1.29, 1.82) is 0 Å². The molecule has 0 spiro atoms. The molecule has 7 aliphatic rings. The molecule has 4 saturated carbocycles. The van der Waals surface area contributed by atoms with Gasteiger partial charge in [0.1, 0.15) is 0 Å². The lowest BCUT2D eigenvalue weighted by Gasteiger charge is -2.65. The van der Waals surface area contributed by atoms with Gasteiger partial charge in [0, 0.05) is 144 Å². The van der Waals surface area contributed by atoms with Crippen LogP contribution in [0.25, 0.3) is 0 Å². The van der Waals surface area contributed by atoms with Gasteiger partial charge in [-0.1, -0.05) is 20.8 Å². The lowest BCUT2D eigenvalue weighted by molar-refractivity contribution is -0.227. The van der Waals surface area contributed by atoms with E-state index in [4.69, 9.17) is 18.9 Å². The predicted octanol–water partition coefficient (Wildman–Crippen LogP) is 6.44. The molecule has 7 rings (SSSR count). The molecule has 87 heavy (non-hydrogen) atoms. The summed E-state index contributed by atoms with van der Waals surface area (Å²) in [6.07, 6.45) is 21.2. The zero-order valence-electron chi connectivity index (χ0n) is 51.8. The Kier molecular flexibility index (Phi) is 28.3. The molecule has 0 aromatic heterocycles. The third kappa shape index (κ3) is 19.7. The highest BCUT2D eigenvalue weighted by atomic mass is 32.2. The van der Waals surface area contributed by atoms with Crippen molar-refractivity contribution >= 4 is 94.4 Å². The number of thioether (sulfide) groups is 3. The molecule has 20 nitrogen and oxygen atoms in total. The number of hydrogen-bond acceptors (Lipinski definition) is 17. The SMILES string of the molecule is COC(=O)CCC[C@@H](C)[C@@H]1CCC2C3C(OCCCSCCNC(=O)CCCN4C(=O)C=CC4=O)CC4C[C@H](OCCCSCCNC(=O)CCN5C(=O)C=CC5=O)CC[C@]4(C)C3C[C@H](OCCCSCCNC(=O)CCCN3C(=O)C=CC3=O)[C@@]21C. The van der Waals surface area contributed by atoms with Gasteiger partial charge in [-0.2, -0.15) is 35.3 Å². The molecule has 0 radical (unpaired) electrons. The number of amides is 9. The lowest BCUT2D eigenvalue weighted by atomic mass is 9.43. The number of carbonyl (C=O) groups is 10. The van der Waals surface area contributed by atoms with Gasteiger partial charge in [0.25, 0.3) is 35.4 Å². The summed E-state index contributed by atoms with van der Waals surface area (Å²) in [6, 6.07) is 0. The maximum atomic E-state index is 12.6. The highest BCUT2D eigenvalue weighted by Crippen LogP contribution is 2.69. The summed E-state index contributed by atoms with van der Waals surface area (Å²) in [6.45, 7) is 11.5. The maximum Gasteiger partial charge on any atom is 0.305 e. The first kappa shape index (κ1) is 69.9. The van der Waals surface area contributed by atoms with Crippen molar-refractivity contribution in [3.8, 4) is 0 Å². The highest BCUT2D eigenvalue weighted by molar-refractivity contribution is 7.99. The van der Waals surface area contributed by atoms with Crippen LogP contribution in [0.2, 0.25) is 0 Å². The number of carbonyl (C=O) groups excluding carboxylic acids is 10. The van der Waals surface area contributed by atoms with Crippen molar-refractivity contribution in [3.05, 3.63) is 36.5 Å². The van der Waals surface area contributed by atoms with Crippen LogP contribution < -0.4 is 16.0 Å². The highest BCUT2D eigenvalue weighted by Gasteiger charge is 2.66. The molecule has 0 saturated heterocycles. The van der Waals surface area contributed by atoms with E-state index in [0.717, 1.165) is 126 Å². The fraction of sp³-hybridized carbons (Fsp3) is 0.750. The maximum absolute atomic E-state index is 12.6. The Bertz CT molecular complexity index is 2450.